The Morgan fingerprint density at radius 2 is 2.00 bits per heavy atom. The first-order valence-corrected chi connectivity index (χ1v) is 5.86. The Morgan fingerprint density at radius 3 is 2.65 bits per heavy atom. The molecule has 0 fully saturated rings. The van der Waals surface area contributed by atoms with Crippen LogP contribution in [0.2, 0.25) is 0 Å². The number of nitrogens with two attached hydrogens (primary N) is 2. The highest BCUT2D eigenvalue weighted by atomic mass is 16.3. The Hall–Kier alpha value is -1.68. The molecule has 0 aromatic heterocycles. The van der Waals surface area contributed by atoms with Crippen molar-refractivity contribution in [2.75, 3.05) is 0 Å². The van der Waals surface area contributed by atoms with Crippen LogP contribution in [0.15, 0.2) is 47.1 Å². The van der Waals surface area contributed by atoms with Crippen LogP contribution < -0.4 is 16.8 Å². The van der Waals surface area contributed by atoms with Gasteiger partial charge in [-0.1, -0.05) is 13.0 Å². The summed E-state index contributed by atoms with van der Waals surface area (Å²) in [6, 6.07) is 0. The molecule has 2 aliphatic carbocycles. The summed E-state index contributed by atoms with van der Waals surface area (Å²) in [5.41, 5.74) is 15.1. The van der Waals surface area contributed by atoms with Gasteiger partial charge in [-0.3, -0.25) is 0 Å². The molecule has 2 unspecified atom stereocenters. The van der Waals surface area contributed by atoms with Crippen molar-refractivity contribution < 1.29 is 5.11 Å². The number of hydrogen-bond acceptors (Lipinski definition) is 4. The molecular formula is C13H19N3O. The standard InChI is InChI=1S/C13H19N3O/c1-8-6-12(11(15)7-13(8)17)16-10-4-2-9(14)3-5-10/h2,4,6-8,13,16-17H,3,5,14-15H2,1H3. The van der Waals surface area contributed by atoms with E-state index >= 15 is 0 Å². The summed E-state index contributed by atoms with van der Waals surface area (Å²) in [4.78, 5) is 0. The molecule has 92 valence electrons. The lowest BCUT2D eigenvalue weighted by Crippen LogP contribution is -2.28. The Balaban J connectivity index is 2.10. The van der Waals surface area contributed by atoms with Crippen molar-refractivity contribution in [3.63, 3.8) is 0 Å². The van der Waals surface area contributed by atoms with E-state index in [1.54, 1.807) is 6.08 Å². The Labute approximate surface area is 101 Å². The van der Waals surface area contributed by atoms with E-state index < -0.39 is 6.10 Å². The van der Waals surface area contributed by atoms with Gasteiger partial charge in [-0.05, 0) is 31.1 Å². The first-order chi connectivity index (χ1) is 8.06. The molecule has 0 aromatic rings. The fraction of sp³-hybridized carbons (Fsp3) is 0.385. The van der Waals surface area contributed by atoms with Crippen molar-refractivity contribution in [3.8, 4) is 0 Å². The first-order valence-electron chi connectivity index (χ1n) is 5.86. The maximum atomic E-state index is 9.64. The van der Waals surface area contributed by atoms with Crippen LogP contribution in [-0.4, -0.2) is 11.2 Å². The minimum atomic E-state index is -0.489. The van der Waals surface area contributed by atoms with Crippen LogP contribution >= 0.6 is 0 Å². The molecule has 0 aromatic carbocycles. The normalized spacial score (nSPS) is 28.8. The lowest BCUT2D eigenvalue weighted by atomic mass is 9.96. The van der Waals surface area contributed by atoms with E-state index in [-0.39, 0.29) is 5.92 Å². The first kappa shape index (κ1) is 11.8. The third-order valence-electron chi connectivity index (χ3n) is 3.11. The fourth-order valence-corrected chi connectivity index (χ4v) is 1.93. The van der Waals surface area contributed by atoms with Crippen molar-refractivity contribution in [3.05, 3.63) is 47.1 Å². The average molecular weight is 233 g/mol. The molecule has 6 N–H and O–H groups in total. The molecular weight excluding hydrogens is 214 g/mol. The number of hydrogen-bond donors (Lipinski definition) is 4. The van der Waals surface area contributed by atoms with Crippen LogP contribution in [0.4, 0.5) is 0 Å². The van der Waals surface area contributed by atoms with E-state index in [0.29, 0.717) is 5.70 Å². The third-order valence-corrected chi connectivity index (χ3v) is 3.11. The molecule has 0 spiro atoms. The lowest BCUT2D eigenvalue weighted by Gasteiger charge is -2.24. The van der Waals surface area contributed by atoms with Crippen molar-refractivity contribution in [1.29, 1.82) is 0 Å². The van der Waals surface area contributed by atoms with Gasteiger partial charge in [0.25, 0.3) is 0 Å². The summed E-state index contributed by atoms with van der Waals surface area (Å²) < 4.78 is 0. The number of rotatable bonds is 2. The Kier molecular flexibility index (Phi) is 3.24. The summed E-state index contributed by atoms with van der Waals surface area (Å²) in [6.45, 7) is 1.96. The summed E-state index contributed by atoms with van der Waals surface area (Å²) in [5.74, 6) is 0.0783. The van der Waals surface area contributed by atoms with E-state index in [9.17, 15) is 5.11 Å². The lowest BCUT2D eigenvalue weighted by molar-refractivity contribution is 0.181. The quantitative estimate of drug-likeness (QED) is 0.569. The zero-order valence-corrected chi connectivity index (χ0v) is 9.98. The SMILES string of the molecule is CC1C=C(NC2=CC=C(N)CC2)C(N)=CC1O. The van der Waals surface area contributed by atoms with Crippen molar-refractivity contribution in [2.45, 2.75) is 25.9 Å². The molecule has 4 heteroatoms. The van der Waals surface area contributed by atoms with Crippen LogP contribution in [0.25, 0.3) is 0 Å². The van der Waals surface area contributed by atoms with Crippen molar-refractivity contribution in [2.24, 2.45) is 17.4 Å². The van der Waals surface area contributed by atoms with Gasteiger partial charge in [-0.25, -0.2) is 0 Å². The second-order valence-electron chi connectivity index (χ2n) is 4.61. The summed E-state index contributed by atoms with van der Waals surface area (Å²) in [7, 11) is 0. The molecule has 0 bridgehead atoms. The van der Waals surface area contributed by atoms with E-state index in [0.717, 1.165) is 29.9 Å². The molecule has 0 radical (unpaired) electrons. The average Bonchev–Trinajstić information content (AvgIpc) is 2.29. The smallest absolute Gasteiger partial charge is 0.0805 e. The van der Waals surface area contributed by atoms with Crippen molar-refractivity contribution in [1.82, 2.24) is 5.32 Å². The van der Waals surface area contributed by atoms with Crippen LogP contribution in [0.3, 0.4) is 0 Å². The number of aliphatic hydroxyl groups is 1. The van der Waals surface area contributed by atoms with Gasteiger partial charge < -0.3 is 21.9 Å². The van der Waals surface area contributed by atoms with Gasteiger partial charge in [0.1, 0.15) is 0 Å². The monoisotopic (exact) mass is 233 g/mol. The van der Waals surface area contributed by atoms with E-state index in [1.165, 1.54) is 0 Å². The largest absolute Gasteiger partial charge is 0.402 e. The second-order valence-corrected chi connectivity index (χ2v) is 4.61. The van der Waals surface area contributed by atoms with Gasteiger partial charge in [0, 0.05) is 17.3 Å². The number of nitrogens with one attached hydrogen (secondary N) is 1. The fourth-order valence-electron chi connectivity index (χ4n) is 1.93. The zero-order chi connectivity index (χ0) is 12.4. The predicted octanol–water partition coefficient (Wildman–Crippen LogP) is 0.833. The highest BCUT2D eigenvalue weighted by Crippen LogP contribution is 2.21. The van der Waals surface area contributed by atoms with Crippen molar-refractivity contribution >= 4 is 0 Å². The third kappa shape index (κ3) is 2.71. The van der Waals surface area contributed by atoms with Crippen LogP contribution in [-0.2, 0) is 0 Å². The van der Waals surface area contributed by atoms with E-state index in [1.807, 2.05) is 25.2 Å². The second kappa shape index (κ2) is 4.67. The topological polar surface area (TPSA) is 84.3 Å². The highest BCUT2D eigenvalue weighted by Gasteiger charge is 2.18. The Bertz CT molecular complexity index is 432. The minimum absolute atomic E-state index is 0.0783. The summed E-state index contributed by atoms with van der Waals surface area (Å²) >= 11 is 0. The molecule has 0 aliphatic heterocycles. The number of allylic oxidation sites excluding steroid dienone is 4. The molecule has 2 rings (SSSR count). The van der Waals surface area contributed by atoms with Gasteiger partial charge in [0.05, 0.1) is 17.5 Å². The highest BCUT2D eigenvalue weighted by molar-refractivity contribution is 5.36. The maximum absolute atomic E-state index is 9.64. The van der Waals surface area contributed by atoms with E-state index in [4.69, 9.17) is 11.5 Å². The van der Waals surface area contributed by atoms with Gasteiger partial charge in [0.2, 0.25) is 0 Å². The van der Waals surface area contributed by atoms with Gasteiger partial charge in [0.15, 0.2) is 0 Å². The van der Waals surface area contributed by atoms with Gasteiger partial charge >= 0.3 is 0 Å². The predicted molar refractivity (Wildman–Crippen MR) is 68.2 cm³/mol. The van der Waals surface area contributed by atoms with Crippen LogP contribution in [0.1, 0.15) is 19.8 Å². The van der Waals surface area contributed by atoms with Crippen LogP contribution in [0, 0.1) is 5.92 Å². The van der Waals surface area contributed by atoms with E-state index in [2.05, 4.69) is 5.32 Å². The van der Waals surface area contributed by atoms with Gasteiger partial charge in [-0.2, -0.15) is 0 Å². The minimum Gasteiger partial charge on any atom is -0.402 e. The molecule has 17 heavy (non-hydrogen) atoms. The zero-order valence-electron chi connectivity index (χ0n) is 9.98. The molecule has 0 heterocycles. The number of aliphatic hydroxyl groups excluding tert-OH is 1. The Morgan fingerprint density at radius 1 is 1.24 bits per heavy atom. The molecule has 2 aliphatic rings. The molecule has 4 nitrogen and oxygen atoms in total. The molecule has 0 saturated carbocycles. The molecule has 0 amide bonds. The molecule has 0 saturated heterocycles. The van der Waals surface area contributed by atoms with Crippen LogP contribution in [0.5, 0.6) is 0 Å². The molecule has 2 atom stereocenters. The summed E-state index contributed by atoms with van der Waals surface area (Å²) in [6.07, 6.45) is 8.80. The summed E-state index contributed by atoms with van der Waals surface area (Å²) in [5, 5.41) is 12.9. The maximum Gasteiger partial charge on any atom is 0.0805 e. The van der Waals surface area contributed by atoms with Gasteiger partial charge in [-0.15, -0.1) is 0 Å².